The van der Waals surface area contributed by atoms with Crippen molar-refractivity contribution in [2.24, 2.45) is 0 Å². The SMILES string of the molecule is CC1C(N2CCC(Br)C2=O)CCS1(=O)=O. The summed E-state index contributed by atoms with van der Waals surface area (Å²) in [6, 6.07) is -0.106. The third-order valence-electron chi connectivity index (χ3n) is 3.38. The van der Waals surface area contributed by atoms with Gasteiger partial charge in [0.15, 0.2) is 9.84 Å². The van der Waals surface area contributed by atoms with Crippen molar-refractivity contribution < 1.29 is 13.2 Å². The highest BCUT2D eigenvalue weighted by molar-refractivity contribution is 9.10. The van der Waals surface area contributed by atoms with E-state index in [2.05, 4.69) is 15.9 Å². The Labute approximate surface area is 98.1 Å². The molecule has 0 bridgehead atoms. The minimum atomic E-state index is -2.96. The van der Waals surface area contributed by atoms with Gasteiger partial charge in [-0.3, -0.25) is 4.79 Å². The summed E-state index contributed by atoms with van der Waals surface area (Å²) in [4.78, 5) is 13.3. The Balaban J connectivity index is 2.17. The summed E-state index contributed by atoms with van der Waals surface area (Å²) in [6.07, 6.45) is 1.37. The van der Waals surface area contributed by atoms with E-state index in [9.17, 15) is 13.2 Å². The van der Waals surface area contributed by atoms with Crippen molar-refractivity contribution >= 4 is 31.7 Å². The van der Waals surface area contributed by atoms with Crippen LogP contribution in [0.4, 0.5) is 0 Å². The number of hydrogen-bond acceptors (Lipinski definition) is 3. The topological polar surface area (TPSA) is 54.5 Å². The highest BCUT2D eigenvalue weighted by Gasteiger charge is 2.44. The molecule has 2 heterocycles. The second kappa shape index (κ2) is 3.73. The molecular weight excluding hydrogens is 282 g/mol. The number of nitrogens with zero attached hydrogens (tertiary/aromatic N) is 1. The van der Waals surface area contributed by atoms with Crippen LogP contribution in [-0.4, -0.2) is 47.6 Å². The first-order chi connectivity index (χ1) is 6.93. The fourth-order valence-electron chi connectivity index (χ4n) is 2.35. The van der Waals surface area contributed by atoms with E-state index in [1.165, 1.54) is 0 Å². The normalized spacial score (nSPS) is 40.0. The van der Waals surface area contributed by atoms with Crippen LogP contribution >= 0.6 is 15.9 Å². The lowest BCUT2D eigenvalue weighted by Crippen LogP contribution is -2.42. The van der Waals surface area contributed by atoms with Crippen LogP contribution in [0.3, 0.4) is 0 Å². The van der Waals surface area contributed by atoms with Crippen LogP contribution in [0.15, 0.2) is 0 Å². The average Bonchev–Trinajstić information content (AvgIpc) is 2.60. The zero-order valence-corrected chi connectivity index (χ0v) is 10.9. The van der Waals surface area contributed by atoms with Crippen LogP contribution in [0.5, 0.6) is 0 Å². The van der Waals surface area contributed by atoms with E-state index >= 15 is 0 Å². The van der Waals surface area contributed by atoms with Crippen LogP contribution in [-0.2, 0) is 14.6 Å². The number of halogens is 1. The maximum Gasteiger partial charge on any atom is 0.236 e. The van der Waals surface area contributed by atoms with Gasteiger partial charge in [0.25, 0.3) is 0 Å². The second-order valence-electron chi connectivity index (χ2n) is 4.22. The number of hydrogen-bond donors (Lipinski definition) is 0. The van der Waals surface area contributed by atoms with Gasteiger partial charge in [-0.25, -0.2) is 8.42 Å². The molecule has 0 aromatic rings. The van der Waals surface area contributed by atoms with Gasteiger partial charge in [-0.2, -0.15) is 0 Å². The number of amides is 1. The van der Waals surface area contributed by atoms with Crippen molar-refractivity contribution in [3.8, 4) is 0 Å². The number of carbonyl (C=O) groups excluding carboxylic acids is 1. The van der Waals surface area contributed by atoms with Gasteiger partial charge in [-0.15, -0.1) is 0 Å². The summed E-state index contributed by atoms with van der Waals surface area (Å²) < 4.78 is 23.1. The van der Waals surface area contributed by atoms with Gasteiger partial charge < -0.3 is 4.90 Å². The molecule has 0 aromatic carbocycles. The molecular formula is C9H14BrNO3S. The molecule has 2 aliphatic rings. The number of likely N-dealkylation sites (tertiary alicyclic amines) is 1. The molecule has 2 saturated heterocycles. The van der Waals surface area contributed by atoms with Gasteiger partial charge in [-0.1, -0.05) is 15.9 Å². The lowest BCUT2D eigenvalue weighted by Gasteiger charge is -2.26. The smallest absolute Gasteiger partial charge is 0.236 e. The molecule has 6 heteroatoms. The lowest BCUT2D eigenvalue weighted by atomic mass is 10.1. The van der Waals surface area contributed by atoms with Crippen LogP contribution in [0, 0.1) is 0 Å². The molecule has 3 unspecified atom stereocenters. The molecule has 3 atom stereocenters. The van der Waals surface area contributed by atoms with Crippen LogP contribution in [0.1, 0.15) is 19.8 Å². The zero-order valence-electron chi connectivity index (χ0n) is 8.52. The number of carbonyl (C=O) groups is 1. The fourth-order valence-corrected chi connectivity index (χ4v) is 4.52. The summed E-state index contributed by atoms with van der Waals surface area (Å²) >= 11 is 3.30. The Morgan fingerprint density at radius 1 is 1.40 bits per heavy atom. The quantitative estimate of drug-likeness (QED) is 0.664. The van der Waals surface area contributed by atoms with Crippen molar-refractivity contribution in [2.75, 3.05) is 12.3 Å². The molecule has 0 saturated carbocycles. The predicted octanol–water partition coefficient (Wildman–Crippen LogP) is 0.558. The van der Waals surface area contributed by atoms with Crippen LogP contribution in [0.2, 0.25) is 0 Å². The number of sulfone groups is 1. The highest BCUT2D eigenvalue weighted by Crippen LogP contribution is 2.30. The van der Waals surface area contributed by atoms with E-state index in [1.54, 1.807) is 11.8 Å². The summed E-state index contributed by atoms with van der Waals surface area (Å²) in [5, 5.41) is -0.403. The first-order valence-corrected chi connectivity index (χ1v) is 7.73. The molecule has 2 fully saturated rings. The molecule has 2 aliphatic heterocycles. The minimum Gasteiger partial charge on any atom is -0.337 e. The summed E-state index contributed by atoms with van der Waals surface area (Å²) in [6.45, 7) is 2.39. The molecule has 15 heavy (non-hydrogen) atoms. The maximum atomic E-state index is 11.7. The Morgan fingerprint density at radius 2 is 2.07 bits per heavy atom. The van der Waals surface area contributed by atoms with Crippen LogP contribution < -0.4 is 0 Å². The maximum absolute atomic E-state index is 11.7. The second-order valence-corrected chi connectivity index (χ2v) is 7.80. The molecule has 0 aliphatic carbocycles. The van der Waals surface area contributed by atoms with Crippen molar-refractivity contribution in [3.05, 3.63) is 0 Å². The molecule has 1 amide bonds. The van der Waals surface area contributed by atoms with E-state index in [0.29, 0.717) is 13.0 Å². The van der Waals surface area contributed by atoms with E-state index in [1.807, 2.05) is 0 Å². The molecule has 0 spiro atoms. The highest BCUT2D eigenvalue weighted by atomic mass is 79.9. The Bertz CT molecular complexity index is 381. The molecule has 0 aromatic heterocycles. The molecule has 0 N–H and O–H groups in total. The standard InChI is InChI=1S/C9H14BrNO3S/c1-6-8(3-5-15(6,13)14)11-4-2-7(10)9(11)12/h6-8H,2-5H2,1H3. The van der Waals surface area contributed by atoms with Gasteiger partial charge in [0.1, 0.15) is 0 Å². The van der Waals surface area contributed by atoms with E-state index < -0.39 is 15.1 Å². The average molecular weight is 296 g/mol. The first-order valence-electron chi connectivity index (χ1n) is 5.09. The van der Waals surface area contributed by atoms with Crippen molar-refractivity contribution in [1.82, 2.24) is 4.90 Å². The third-order valence-corrected chi connectivity index (χ3v) is 6.48. The van der Waals surface area contributed by atoms with Gasteiger partial charge in [0.05, 0.1) is 15.8 Å². The van der Waals surface area contributed by atoms with Gasteiger partial charge in [0, 0.05) is 12.6 Å². The summed E-state index contributed by atoms with van der Waals surface area (Å²) in [5.41, 5.74) is 0. The monoisotopic (exact) mass is 295 g/mol. The van der Waals surface area contributed by atoms with Crippen molar-refractivity contribution in [2.45, 2.75) is 35.9 Å². The predicted molar refractivity (Wildman–Crippen MR) is 60.7 cm³/mol. The zero-order chi connectivity index (χ0) is 11.2. The summed E-state index contributed by atoms with van der Waals surface area (Å²) in [5.74, 6) is 0.263. The molecule has 2 rings (SSSR count). The number of alkyl halides is 1. The molecule has 4 nitrogen and oxygen atoms in total. The van der Waals surface area contributed by atoms with Crippen molar-refractivity contribution in [3.63, 3.8) is 0 Å². The van der Waals surface area contributed by atoms with E-state index in [-0.39, 0.29) is 22.5 Å². The lowest BCUT2D eigenvalue weighted by molar-refractivity contribution is -0.129. The minimum absolute atomic E-state index is 0.0453. The van der Waals surface area contributed by atoms with Gasteiger partial charge >= 0.3 is 0 Å². The van der Waals surface area contributed by atoms with Crippen molar-refractivity contribution in [1.29, 1.82) is 0 Å². The Hall–Kier alpha value is -0.100. The van der Waals surface area contributed by atoms with E-state index in [0.717, 1.165) is 6.42 Å². The van der Waals surface area contributed by atoms with Gasteiger partial charge in [-0.05, 0) is 19.8 Å². The molecule has 86 valence electrons. The Kier molecular flexibility index (Phi) is 2.83. The largest absolute Gasteiger partial charge is 0.337 e. The Morgan fingerprint density at radius 3 is 2.47 bits per heavy atom. The van der Waals surface area contributed by atoms with Gasteiger partial charge in [0.2, 0.25) is 5.91 Å². The summed E-state index contributed by atoms with van der Waals surface area (Å²) in [7, 11) is -2.96. The fraction of sp³-hybridized carbons (Fsp3) is 0.889. The third kappa shape index (κ3) is 1.82. The first kappa shape index (κ1) is 11.4. The van der Waals surface area contributed by atoms with Crippen LogP contribution in [0.25, 0.3) is 0 Å². The van der Waals surface area contributed by atoms with E-state index in [4.69, 9.17) is 0 Å². The number of rotatable bonds is 1. The molecule has 0 radical (unpaired) electrons.